The van der Waals surface area contributed by atoms with Gasteiger partial charge in [0, 0.05) is 12.5 Å². The summed E-state index contributed by atoms with van der Waals surface area (Å²) in [6.07, 6.45) is 6.77. The van der Waals surface area contributed by atoms with Gasteiger partial charge >= 0.3 is 0 Å². The number of amidine groups is 1. The van der Waals surface area contributed by atoms with Crippen molar-refractivity contribution in [3.05, 3.63) is 24.1 Å². The Labute approximate surface area is 122 Å². The second kappa shape index (κ2) is 6.96. The van der Waals surface area contributed by atoms with Crippen molar-refractivity contribution in [2.45, 2.75) is 26.2 Å². The topological polar surface area (TPSA) is 74.2 Å². The molecule has 0 aliphatic rings. The molecule has 1 heterocycles. The van der Waals surface area contributed by atoms with E-state index in [9.17, 15) is 0 Å². The third kappa shape index (κ3) is 3.52. The van der Waals surface area contributed by atoms with E-state index < -0.39 is 0 Å². The third-order valence-corrected chi connectivity index (χ3v) is 3.33. The lowest BCUT2D eigenvalue weighted by Crippen LogP contribution is -2.12. The molecule has 0 radical (unpaired) electrons. The number of benzene rings is 1. The maximum absolute atomic E-state index is 8.62. The Morgan fingerprint density at radius 3 is 3.10 bits per heavy atom. The van der Waals surface area contributed by atoms with Gasteiger partial charge in [-0.25, -0.2) is 9.98 Å². The van der Waals surface area contributed by atoms with Crippen LogP contribution in [-0.4, -0.2) is 16.4 Å². The van der Waals surface area contributed by atoms with Crippen molar-refractivity contribution >= 4 is 33.7 Å². The summed E-state index contributed by atoms with van der Waals surface area (Å²) in [6.45, 7) is 2.14. The second-order valence-electron chi connectivity index (χ2n) is 4.22. The molecule has 1 aromatic carbocycles. The van der Waals surface area contributed by atoms with E-state index in [1.807, 2.05) is 30.6 Å². The fraction of sp³-hybridized carbons (Fsp3) is 0.357. The summed E-state index contributed by atoms with van der Waals surface area (Å²) < 4.78 is 5.71. The Balaban J connectivity index is 2.26. The molecule has 2 rings (SSSR count). The first-order valence-corrected chi connectivity index (χ1v) is 7.66. The van der Waals surface area contributed by atoms with Gasteiger partial charge in [0.25, 0.3) is 0 Å². The SMILES string of the molecule is CCCCc1nc2ccc(N=C(NC#N)SC)cc2o1. The summed E-state index contributed by atoms with van der Waals surface area (Å²) >= 11 is 1.38. The van der Waals surface area contributed by atoms with Crippen LogP contribution in [0.5, 0.6) is 0 Å². The van der Waals surface area contributed by atoms with Gasteiger partial charge in [0.2, 0.25) is 0 Å². The first kappa shape index (κ1) is 14.4. The molecule has 20 heavy (non-hydrogen) atoms. The highest BCUT2D eigenvalue weighted by atomic mass is 32.2. The van der Waals surface area contributed by atoms with E-state index in [2.05, 4.69) is 22.2 Å². The Bertz CT molecular complexity index is 657. The number of thioether (sulfide) groups is 1. The molecule has 0 amide bonds. The molecule has 0 atom stereocenters. The fourth-order valence-electron chi connectivity index (χ4n) is 1.76. The minimum absolute atomic E-state index is 0.553. The number of nitrogens with one attached hydrogen (secondary N) is 1. The van der Waals surface area contributed by atoms with E-state index in [1.165, 1.54) is 11.8 Å². The van der Waals surface area contributed by atoms with Gasteiger partial charge in [-0.15, -0.1) is 0 Å². The van der Waals surface area contributed by atoms with Gasteiger partial charge in [0.15, 0.2) is 22.8 Å². The summed E-state index contributed by atoms with van der Waals surface area (Å²) in [7, 11) is 0. The molecule has 1 N–H and O–H groups in total. The maximum atomic E-state index is 8.62. The monoisotopic (exact) mass is 288 g/mol. The van der Waals surface area contributed by atoms with E-state index in [4.69, 9.17) is 9.68 Å². The minimum atomic E-state index is 0.553. The van der Waals surface area contributed by atoms with Crippen LogP contribution in [0.25, 0.3) is 11.1 Å². The molecule has 0 fully saturated rings. The Hall–Kier alpha value is -2.00. The molecule has 0 spiro atoms. The summed E-state index contributed by atoms with van der Waals surface area (Å²) in [6, 6.07) is 5.59. The van der Waals surface area contributed by atoms with E-state index in [0.717, 1.165) is 41.9 Å². The van der Waals surface area contributed by atoms with Crippen molar-refractivity contribution in [3.63, 3.8) is 0 Å². The molecular weight excluding hydrogens is 272 g/mol. The number of nitriles is 1. The Morgan fingerprint density at radius 2 is 2.40 bits per heavy atom. The molecule has 0 saturated carbocycles. The van der Waals surface area contributed by atoms with Crippen molar-refractivity contribution in [2.24, 2.45) is 4.99 Å². The highest BCUT2D eigenvalue weighted by Crippen LogP contribution is 2.23. The Kier molecular flexibility index (Phi) is 5.02. The van der Waals surface area contributed by atoms with Crippen LogP contribution in [0.4, 0.5) is 5.69 Å². The highest BCUT2D eigenvalue weighted by Gasteiger charge is 2.06. The number of hydrogen-bond acceptors (Lipinski definition) is 5. The average molecular weight is 288 g/mol. The molecule has 1 aromatic heterocycles. The van der Waals surface area contributed by atoms with E-state index in [-0.39, 0.29) is 0 Å². The smallest absolute Gasteiger partial charge is 0.195 e. The van der Waals surface area contributed by atoms with Crippen LogP contribution in [0.15, 0.2) is 27.6 Å². The normalized spacial score (nSPS) is 11.6. The van der Waals surface area contributed by atoms with Crippen molar-refractivity contribution in [2.75, 3.05) is 6.26 Å². The quantitative estimate of drug-likeness (QED) is 0.403. The molecule has 0 aliphatic carbocycles. The molecular formula is C14H16N4OS. The van der Waals surface area contributed by atoms with Crippen LogP contribution >= 0.6 is 11.8 Å². The highest BCUT2D eigenvalue weighted by molar-refractivity contribution is 8.13. The largest absolute Gasteiger partial charge is 0.441 e. The molecule has 104 valence electrons. The van der Waals surface area contributed by atoms with Crippen molar-refractivity contribution < 1.29 is 4.42 Å². The first-order valence-electron chi connectivity index (χ1n) is 6.44. The van der Waals surface area contributed by atoms with Gasteiger partial charge in [0.1, 0.15) is 5.52 Å². The van der Waals surface area contributed by atoms with E-state index in [1.54, 1.807) is 0 Å². The van der Waals surface area contributed by atoms with E-state index >= 15 is 0 Å². The van der Waals surface area contributed by atoms with Crippen LogP contribution in [0.1, 0.15) is 25.7 Å². The predicted octanol–water partition coefficient (Wildman–Crippen LogP) is 3.59. The van der Waals surface area contributed by atoms with Crippen molar-refractivity contribution in [3.8, 4) is 6.19 Å². The van der Waals surface area contributed by atoms with Crippen LogP contribution in [-0.2, 0) is 6.42 Å². The zero-order valence-corrected chi connectivity index (χ0v) is 12.3. The maximum Gasteiger partial charge on any atom is 0.195 e. The van der Waals surface area contributed by atoms with Gasteiger partial charge < -0.3 is 4.42 Å². The first-order chi connectivity index (χ1) is 9.76. The molecule has 5 nitrogen and oxygen atoms in total. The number of oxazole rings is 1. The Morgan fingerprint density at radius 1 is 1.55 bits per heavy atom. The lowest BCUT2D eigenvalue weighted by atomic mass is 10.2. The number of aliphatic imine (C=N–C) groups is 1. The van der Waals surface area contributed by atoms with Gasteiger partial charge in [-0.2, -0.15) is 5.26 Å². The minimum Gasteiger partial charge on any atom is -0.441 e. The average Bonchev–Trinajstić information content (AvgIpc) is 2.86. The van der Waals surface area contributed by atoms with Crippen LogP contribution in [0.3, 0.4) is 0 Å². The van der Waals surface area contributed by atoms with Gasteiger partial charge in [-0.05, 0) is 24.8 Å². The van der Waals surface area contributed by atoms with Crippen LogP contribution in [0.2, 0.25) is 0 Å². The molecule has 0 saturated heterocycles. The number of fused-ring (bicyclic) bond motifs is 1. The van der Waals surface area contributed by atoms with Crippen LogP contribution in [0, 0.1) is 11.5 Å². The fourth-order valence-corrected chi connectivity index (χ4v) is 2.10. The number of aromatic nitrogens is 1. The lowest BCUT2D eigenvalue weighted by Gasteiger charge is -1.99. The van der Waals surface area contributed by atoms with Crippen molar-refractivity contribution in [1.82, 2.24) is 10.3 Å². The standard InChI is InChI=1S/C14H16N4OS/c1-3-4-5-13-18-11-7-6-10(8-12(11)19-13)17-14(20-2)16-9-15/h6-8H,3-5H2,1-2H3,(H,16,17). The van der Waals surface area contributed by atoms with Crippen molar-refractivity contribution in [1.29, 1.82) is 5.26 Å². The molecule has 0 bridgehead atoms. The third-order valence-electron chi connectivity index (χ3n) is 2.75. The van der Waals surface area contributed by atoms with Gasteiger partial charge in [0.05, 0.1) is 5.69 Å². The lowest BCUT2D eigenvalue weighted by molar-refractivity contribution is 0.518. The number of aryl methyl sites for hydroxylation is 1. The predicted molar refractivity (Wildman–Crippen MR) is 82.0 cm³/mol. The van der Waals surface area contributed by atoms with Gasteiger partial charge in [-0.1, -0.05) is 25.1 Å². The molecule has 2 aromatic rings. The summed E-state index contributed by atoms with van der Waals surface area (Å²) in [5, 5.41) is 11.7. The number of rotatable bonds is 4. The molecule has 6 heteroatoms. The summed E-state index contributed by atoms with van der Waals surface area (Å²) in [5.74, 6) is 0.767. The second-order valence-corrected chi connectivity index (χ2v) is 5.02. The molecule has 0 unspecified atom stereocenters. The zero-order chi connectivity index (χ0) is 14.4. The van der Waals surface area contributed by atoms with E-state index in [0.29, 0.717) is 5.17 Å². The summed E-state index contributed by atoms with van der Waals surface area (Å²) in [5.41, 5.74) is 2.31. The number of nitrogens with zero attached hydrogens (tertiary/aromatic N) is 3. The zero-order valence-electron chi connectivity index (χ0n) is 11.5. The van der Waals surface area contributed by atoms with Crippen LogP contribution < -0.4 is 5.32 Å². The molecule has 0 aliphatic heterocycles. The van der Waals surface area contributed by atoms with Gasteiger partial charge in [-0.3, -0.25) is 5.32 Å². The summed E-state index contributed by atoms with van der Waals surface area (Å²) in [4.78, 5) is 8.79. The number of hydrogen-bond donors (Lipinski definition) is 1. The number of unbranched alkanes of at least 4 members (excludes halogenated alkanes) is 1.